The van der Waals surface area contributed by atoms with Crippen molar-refractivity contribution in [3.05, 3.63) is 0 Å². The molecule has 2 atom stereocenters. The Balaban J connectivity index is 3.56. The maximum absolute atomic E-state index is 10.8. The molecule has 0 saturated carbocycles. The van der Waals surface area contributed by atoms with Crippen molar-refractivity contribution < 1.29 is 19.8 Å². The van der Waals surface area contributed by atoms with E-state index >= 15 is 0 Å². The number of hydrogen-bond donors (Lipinski definition) is 4. The van der Waals surface area contributed by atoms with Gasteiger partial charge in [0.2, 0.25) is 5.91 Å². The van der Waals surface area contributed by atoms with Gasteiger partial charge in [0.15, 0.2) is 6.10 Å². The van der Waals surface area contributed by atoms with Crippen LogP contribution in [0.25, 0.3) is 0 Å². The van der Waals surface area contributed by atoms with Crippen molar-refractivity contribution in [1.82, 2.24) is 5.32 Å². The summed E-state index contributed by atoms with van der Waals surface area (Å²) in [7, 11) is 0. The summed E-state index contributed by atoms with van der Waals surface area (Å²) in [5.41, 5.74) is 5.22. The fourth-order valence-electron chi connectivity index (χ4n) is 0.617. The summed E-state index contributed by atoms with van der Waals surface area (Å²) >= 11 is 0. The predicted molar refractivity (Wildman–Crippen MR) is 44.9 cm³/mol. The maximum Gasteiger partial charge on any atom is 0.332 e. The zero-order chi connectivity index (χ0) is 10.4. The summed E-state index contributed by atoms with van der Waals surface area (Å²) in [5.74, 6) is -1.66. The number of nitrogens with two attached hydrogens (primary N) is 1. The molecule has 0 heterocycles. The molecule has 6 nitrogen and oxygen atoms in total. The second-order valence-electron chi connectivity index (χ2n) is 2.72. The number of nitrogens with one attached hydrogen (secondary N) is 1. The number of aliphatic hydroxyl groups excluding tert-OH is 1. The van der Waals surface area contributed by atoms with Gasteiger partial charge in [-0.3, -0.25) is 4.79 Å². The Morgan fingerprint density at radius 2 is 2.08 bits per heavy atom. The highest BCUT2D eigenvalue weighted by Crippen LogP contribution is 1.89. The average molecular weight is 190 g/mol. The first-order chi connectivity index (χ1) is 5.95. The van der Waals surface area contributed by atoms with Crippen LogP contribution in [-0.2, 0) is 9.59 Å². The molecule has 1 amide bonds. The first kappa shape index (κ1) is 11.9. The molecule has 0 fully saturated rings. The van der Waals surface area contributed by atoms with E-state index < -0.39 is 18.1 Å². The van der Waals surface area contributed by atoms with Crippen molar-refractivity contribution in [2.45, 2.75) is 25.5 Å². The van der Waals surface area contributed by atoms with Gasteiger partial charge in [0, 0.05) is 13.0 Å². The van der Waals surface area contributed by atoms with Crippen LogP contribution in [0, 0.1) is 0 Å². The Morgan fingerprint density at radius 1 is 1.54 bits per heavy atom. The molecular formula is C7H14N2O4. The Bertz CT molecular complexity index is 193. The molecule has 0 saturated heterocycles. The van der Waals surface area contributed by atoms with E-state index in [4.69, 9.17) is 15.9 Å². The van der Waals surface area contributed by atoms with E-state index in [0.717, 1.165) is 0 Å². The Hall–Kier alpha value is -1.14. The van der Waals surface area contributed by atoms with Gasteiger partial charge in [0.1, 0.15) is 0 Å². The van der Waals surface area contributed by atoms with Crippen LogP contribution in [0.3, 0.4) is 0 Å². The predicted octanol–water partition coefficient (Wildman–Crippen LogP) is -1.71. The molecular weight excluding hydrogens is 176 g/mol. The summed E-state index contributed by atoms with van der Waals surface area (Å²) in [6.45, 7) is 1.62. The number of carbonyl (C=O) groups excluding carboxylic acids is 1. The van der Waals surface area contributed by atoms with Crippen LogP contribution in [0.4, 0.5) is 0 Å². The lowest BCUT2D eigenvalue weighted by atomic mass is 10.2. The number of carbonyl (C=O) groups is 2. The second kappa shape index (κ2) is 5.50. The molecule has 0 radical (unpaired) electrons. The summed E-state index contributed by atoms with van der Waals surface area (Å²) in [6.07, 6.45) is -1.46. The third kappa shape index (κ3) is 5.15. The molecule has 0 spiro atoms. The van der Waals surface area contributed by atoms with E-state index in [-0.39, 0.29) is 18.9 Å². The van der Waals surface area contributed by atoms with E-state index in [1.807, 2.05) is 0 Å². The maximum atomic E-state index is 10.8. The standard InChI is InChI=1S/C7H14N2O4/c1-4(8)6(11)9-3-2-5(10)7(12)13/h4-5,10H,2-3,8H2,1H3,(H,9,11)(H,12,13)/t4-,5?/m0/s1. The van der Waals surface area contributed by atoms with Crippen molar-refractivity contribution in [3.8, 4) is 0 Å². The van der Waals surface area contributed by atoms with E-state index in [2.05, 4.69) is 5.32 Å². The monoisotopic (exact) mass is 190 g/mol. The smallest absolute Gasteiger partial charge is 0.332 e. The van der Waals surface area contributed by atoms with Crippen LogP contribution >= 0.6 is 0 Å². The molecule has 5 N–H and O–H groups in total. The number of carboxylic acids is 1. The largest absolute Gasteiger partial charge is 0.479 e. The van der Waals surface area contributed by atoms with E-state index in [1.165, 1.54) is 6.92 Å². The average Bonchev–Trinajstić information content (AvgIpc) is 2.03. The minimum Gasteiger partial charge on any atom is -0.479 e. The lowest BCUT2D eigenvalue weighted by Gasteiger charge is -2.08. The molecule has 0 aromatic rings. The van der Waals surface area contributed by atoms with Gasteiger partial charge in [-0.05, 0) is 6.92 Å². The minimum absolute atomic E-state index is 0.0200. The number of amides is 1. The zero-order valence-electron chi connectivity index (χ0n) is 7.36. The first-order valence-electron chi connectivity index (χ1n) is 3.89. The van der Waals surface area contributed by atoms with Crippen LogP contribution in [0.1, 0.15) is 13.3 Å². The highest BCUT2D eigenvalue weighted by atomic mass is 16.4. The molecule has 6 heteroatoms. The molecule has 0 aromatic heterocycles. The molecule has 0 rings (SSSR count). The van der Waals surface area contributed by atoms with Crippen LogP contribution in [-0.4, -0.2) is 40.8 Å². The number of aliphatic hydroxyl groups is 1. The van der Waals surface area contributed by atoms with Gasteiger partial charge < -0.3 is 21.3 Å². The summed E-state index contributed by atoms with van der Waals surface area (Å²) in [6, 6.07) is -0.623. The quantitative estimate of drug-likeness (QED) is 0.412. The van der Waals surface area contributed by atoms with Crippen LogP contribution < -0.4 is 11.1 Å². The molecule has 0 aromatic carbocycles. The van der Waals surface area contributed by atoms with Gasteiger partial charge in [-0.1, -0.05) is 0 Å². The van der Waals surface area contributed by atoms with Crippen molar-refractivity contribution in [2.24, 2.45) is 5.73 Å². The molecule has 76 valence electrons. The topological polar surface area (TPSA) is 113 Å². The van der Waals surface area contributed by atoms with Crippen LogP contribution in [0.5, 0.6) is 0 Å². The van der Waals surface area contributed by atoms with Gasteiger partial charge in [-0.25, -0.2) is 4.79 Å². The van der Waals surface area contributed by atoms with Crippen molar-refractivity contribution in [3.63, 3.8) is 0 Å². The molecule has 0 aliphatic carbocycles. The van der Waals surface area contributed by atoms with Gasteiger partial charge in [-0.15, -0.1) is 0 Å². The normalized spacial score (nSPS) is 14.7. The van der Waals surface area contributed by atoms with Crippen molar-refractivity contribution in [2.75, 3.05) is 6.54 Å². The van der Waals surface area contributed by atoms with E-state index in [9.17, 15) is 9.59 Å². The van der Waals surface area contributed by atoms with Crippen LogP contribution in [0.2, 0.25) is 0 Å². The summed E-state index contributed by atoms with van der Waals surface area (Å²) in [5, 5.41) is 19.4. The number of hydrogen-bond acceptors (Lipinski definition) is 4. The minimum atomic E-state index is -1.44. The lowest BCUT2D eigenvalue weighted by Crippen LogP contribution is -2.39. The second-order valence-corrected chi connectivity index (χ2v) is 2.72. The highest BCUT2D eigenvalue weighted by Gasteiger charge is 2.13. The molecule has 0 aliphatic heterocycles. The number of aliphatic carboxylic acids is 1. The van der Waals surface area contributed by atoms with Gasteiger partial charge in [0.05, 0.1) is 6.04 Å². The highest BCUT2D eigenvalue weighted by molar-refractivity contribution is 5.81. The summed E-state index contributed by atoms with van der Waals surface area (Å²) < 4.78 is 0. The van der Waals surface area contributed by atoms with E-state index in [1.54, 1.807) is 0 Å². The van der Waals surface area contributed by atoms with Crippen LogP contribution in [0.15, 0.2) is 0 Å². The summed E-state index contributed by atoms with van der Waals surface area (Å²) in [4.78, 5) is 21.0. The third-order valence-corrected chi connectivity index (χ3v) is 1.42. The van der Waals surface area contributed by atoms with Crippen molar-refractivity contribution >= 4 is 11.9 Å². The molecule has 0 bridgehead atoms. The molecule has 0 aliphatic rings. The van der Waals surface area contributed by atoms with E-state index in [0.29, 0.717) is 0 Å². The third-order valence-electron chi connectivity index (χ3n) is 1.42. The van der Waals surface area contributed by atoms with Gasteiger partial charge in [0.25, 0.3) is 0 Å². The van der Waals surface area contributed by atoms with Gasteiger partial charge >= 0.3 is 5.97 Å². The Labute approximate surface area is 75.7 Å². The van der Waals surface area contributed by atoms with Crippen molar-refractivity contribution in [1.29, 1.82) is 0 Å². The Morgan fingerprint density at radius 3 is 2.46 bits per heavy atom. The molecule has 13 heavy (non-hydrogen) atoms. The number of rotatable bonds is 5. The fourth-order valence-corrected chi connectivity index (χ4v) is 0.617. The zero-order valence-corrected chi connectivity index (χ0v) is 7.36. The Kier molecular flexibility index (Phi) is 5.01. The van der Waals surface area contributed by atoms with Gasteiger partial charge in [-0.2, -0.15) is 0 Å². The SMILES string of the molecule is C[C@H](N)C(=O)NCCC(O)C(=O)O. The first-order valence-corrected chi connectivity index (χ1v) is 3.89. The molecule has 1 unspecified atom stereocenters. The number of carboxylic acid groups (broad SMARTS) is 1. The fraction of sp³-hybridized carbons (Fsp3) is 0.714. The lowest BCUT2D eigenvalue weighted by molar-refractivity contribution is -0.147.